The quantitative estimate of drug-likeness (QED) is 0.187. The molecule has 1 amide bonds. The maximum atomic E-state index is 14.1. The van der Waals surface area contributed by atoms with E-state index in [9.17, 15) is 14.4 Å². The van der Waals surface area contributed by atoms with E-state index >= 15 is 0 Å². The van der Waals surface area contributed by atoms with Gasteiger partial charge < -0.3 is 0 Å². The fourth-order valence-corrected chi connectivity index (χ4v) is 6.93. The van der Waals surface area contributed by atoms with E-state index in [0.29, 0.717) is 26.2 Å². The fraction of sp³-hybridized carbons (Fsp3) is 0.108. The average molecular weight is 738 g/mol. The molecule has 0 radical (unpaired) electrons. The average Bonchev–Trinajstić information content (AvgIpc) is 3.76. The van der Waals surface area contributed by atoms with Crippen LogP contribution in [0.3, 0.4) is 0 Å². The van der Waals surface area contributed by atoms with Gasteiger partial charge in [-0.3, -0.25) is 18.8 Å². The van der Waals surface area contributed by atoms with Crippen molar-refractivity contribution in [3.8, 4) is 28.3 Å². The minimum atomic E-state index is -0.638. The Bertz CT molecular complexity index is 2550. The summed E-state index contributed by atoms with van der Waals surface area (Å²) < 4.78 is 7.45. The van der Waals surface area contributed by atoms with Gasteiger partial charge >= 0.3 is 5.69 Å². The summed E-state index contributed by atoms with van der Waals surface area (Å²) in [4.78, 5) is 42.0. The molecule has 3 aromatic heterocycles. The van der Waals surface area contributed by atoms with Gasteiger partial charge in [-0.25, -0.2) is 24.2 Å². The molecule has 1 N–H and O–H groups in total. The molecule has 256 valence electrons. The lowest BCUT2D eigenvalue weighted by Crippen LogP contribution is -2.34. The van der Waals surface area contributed by atoms with Gasteiger partial charge in [-0.05, 0) is 66.6 Å². The van der Waals surface area contributed by atoms with E-state index in [1.54, 1.807) is 30.8 Å². The summed E-state index contributed by atoms with van der Waals surface area (Å²) in [5.41, 5.74) is 6.32. The molecule has 0 aliphatic carbocycles. The van der Waals surface area contributed by atoms with Crippen molar-refractivity contribution in [2.45, 2.75) is 19.9 Å². The smallest absolute Gasteiger partial charge is 0.284 e. The van der Waals surface area contributed by atoms with Gasteiger partial charge in [-0.2, -0.15) is 5.10 Å². The van der Waals surface area contributed by atoms with Gasteiger partial charge in [0.1, 0.15) is 18.1 Å². The molecule has 0 aliphatic rings. The van der Waals surface area contributed by atoms with Crippen LogP contribution in [0.4, 0.5) is 0 Å². The van der Waals surface area contributed by atoms with E-state index in [1.165, 1.54) is 20.6 Å². The largest absolute Gasteiger partial charge is 0.351 e. The molecule has 0 aliphatic heterocycles. The first-order valence-corrected chi connectivity index (χ1v) is 17.4. The first kappa shape index (κ1) is 33.8. The van der Waals surface area contributed by atoms with Crippen molar-refractivity contribution in [1.29, 1.82) is 0 Å². The Labute approximate surface area is 305 Å². The molecule has 51 heavy (non-hydrogen) atoms. The van der Waals surface area contributed by atoms with Crippen LogP contribution in [0.15, 0.2) is 129 Å². The van der Waals surface area contributed by atoms with Crippen LogP contribution in [-0.2, 0) is 24.8 Å². The summed E-state index contributed by atoms with van der Waals surface area (Å²) in [7, 11) is 1.75. The molecule has 0 bridgehead atoms. The Morgan fingerprint density at radius 2 is 1.43 bits per heavy atom. The van der Waals surface area contributed by atoms with Crippen molar-refractivity contribution in [3.05, 3.63) is 167 Å². The van der Waals surface area contributed by atoms with E-state index in [4.69, 9.17) is 23.2 Å². The lowest BCUT2D eigenvalue weighted by Gasteiger charge is -2.09. The maximum absolute atomic E-state index is 14.1. The van der Waals surface area contributed by atoms with Gasteiger partial charge in [0.05, 0.1) is 17.1 Å². The Morgan fingerprint density at radius 3 is 2.08 bits per heavy atom. The number of hydrogen-bond donors (Lipinski definition) is 1. The zero-order valence-corrected chi connectivity index (χ0v) is 29.7. The van der Waals surface area contributed by atoms with Crippen molar-refractivity contribution in [1.82, 2.24) is 33.7 Å². The number of amides is 1. The number of carbonyl (C=O) groups is 1. The van der Waals surface area contributed by atoms with E-state index in [-0.39, 0.29) is 17.9 Å². The molecule has 0 saturated carbocycles. The zero-order valence-electron chi connectivity index (χ0n) is 27.4. The van der Waals surface area contributed by atoms with Crippen LogP contribution in [0.5, 0.6) is 0 Å². The topological polar surface area (TPSA) is 113 Å². The van der Waals surface area contributed by atoms with Gasteiger partial charge in [0.15, 0.2) is 0 Å². The molecule has 0 fully saturated rings. The second-order valence-corrected chi connectivity index (χ2v) is 13.3. The zero-order chi connectivity index (χ0) is 35.6. The number of thiazole rings is 1. The summed E-state index contributed by atoms with van der Waals surface area (Å²) in [6.07, 6.45) is 0.199. The van der Waals surface area contributed by atoms with Gasteiger partial charge in [-0.15, -0.1) is 16.4 Å². The summed E-state index contributed by atoms with van der Waals surface area (Å²) in [6.45, 7) is 1.32. The van der Waals surface area contributed by atoms with Crippen molar-refractivity contribution in [3.63, 3.8) is 0 Å². The lowest BCUT2D eigenvalue weighted by atomic mass is 10.1. The van der Waals surface area contributed by atoms with Crippen molar-refractivity contribution >= 4 is 40.4 Å². The number of nitrogens with zero attached hydrogens (tertiary/aromatic N) is 7. The highest BCUT2D eigenvalue weighted by atomic mass is 35.5. The van der Waals surface area contributed by atoms with Crippen LogP contribution in [-0.4, -0.2) is 34.2 Å². The monoisotopic (exact) mass is 736 g/mol. The van der Waals surface area contributed by atoms with Gasteiger partial charge in [0.2, 0.25) is 4.80 Å². The molecule has 0 atom stereocenters. The number of para-hydroxylation sites is 2. The van der Waals surface area contributed by atoms with E-state index in [2.05, 4.69) is 15.6 Å². The maximum Gasteiger partial charge on any atom is 0.351 e. The highest BCUT2D eigenvalue weighted by Crippen LogP contribution is 2.25. The minimum Gasteiger partial charge on any atom is -0.284 e. The number of rotatable bonds is 9. The standard InChI is InChI=1S/C37H30Cl2N8O3S/c1-24-34(35(49)47(43(24)2)30-11-7-4-8-12-30)46-32(21-25-13-17-27(38)18-14-25)42-44(37(46)50)22-33(48)40-41-36-45(29-9-5-3-6-10-29)31(23-51-36)26-15-19-28(39)20-16-26/h3-20,23H,21-22H2,1-2H3,(H,40,48)/b41-36+. The van der Waals surface area contributed by atoms with Crippen LogP contribution in [0, 0.1) is 6.92 Å². The molecule has 0 spiro atoms. The molecule has 7 rings (SSSR count). The number of benzene rings is 4. The summed E-state index contributed by atoms with van der Waals surface area (Å²) in [5, 5.41) is 12.1. The summed E-state index contributed by atoms with van der Waals surface area (Å²) in [6, 6.07) is 33.4. The first-order valence-electron chi connectivity index (χ1n) is 15.8. The highest BCUT2D eigenvalue weighted by Gasteiger charge is 2.25. The molecule has 14 heteroatoms. The van der Waals surface area contributed by atoms with E-state index in [0.717, 1.165) is 27.2 Å². The molecular formula is C37H30Cl2N8O3S. The van der Waals surface area contributed by atoms with Crippen LogP contribution >= 0.6 is 34.5 Å². The number of hydrogen-bond acceptors (Lipinski definition) is 6. The van der Waals surface area contributed by atoms with Crippen molar-refractivity contribution in [2.75, 3.05) is 0 Å². The lowest BCUT2D eigenvalue weighted by molar-refractivity contribution is -0.122. The van der Waals surface area contributed by atoms with Crippen molar-refractivity contribution in [2.24, 2.45) is 12.1 Å². The molecule has 3 heterocycles. The number of nitrogens with one attached hydrogen (secondary N) is 1. The molecular weight excluding hydrogens is 707 g/mol. The third-order valence-electron chi connectivity index (χ3n) is 8.36. The van der Waals surface area contributed by atoms with Gasteiger partial charge in [0.25, 0.3) is 11.5 Å². The SMILES string of the molecule is Cc1c(-n2c(Cc3ccc(Cl)cc3)nn(CC(=O)N/N=c3/scc(-c4ccc(Cl)cc4)n3-c3ccccc3)c2=O)c(=O)n(-c2ccccc2)n1C. The van der Waals surface area contributed by atoms with Gasteiger partial charge in [0, 0.05) is 34.6 Å². The Morgan fingerprint density at radius 1 is 0.824 bits per heavy atom. The Balaban J connectivity index is 1.26. The predicted octanol–water partition coefficient (Wildman–Crippen LogP) is 5.88. The Hall–Kier alpha value is -5.69. The van der Waals surface area contributed by atoms with E-state index in [1.807, 2.05) is 107 Å². The number of aromatic nitrogens is 6. The summed E-state index contributed by atoms with van der Waals surface area (Å²) in [5.74, 6) is -0.293. The molecule has 0 unspecified atom stereocenters. The third kappa shape index (κ3) is 6.76. The predicted molar refractivity (Wildman–Crippen MR) is 199 cm³/mol. The second kappa shape index (κ2) is 14.3. The first-order chi connectivity index (χ1) is 24.7. The van der Waals surface area contributed by atoms with Gasteiger partial charge in [-0.1, -0.05) is 83.9 Å². The molecule has 0 saturated heterocycles. The highest BCUT2D eigenvalue weighted by molar-refractivity contribution is 7.07. The Kier molecular flexibility index (Phi) is 9.46. The van der Waals surface area contributed by atoms with Crippen molar-refractivity contribution < 1.29 is 4.79 Å². The van der Waals surface area contributed by atoms with Crippen LogP contribution in [0.2, 0.25) is 10.0 Å². The minimum absolute atomic E-state index is 0.142. The molecule has 11 nitrogen and oxygen atoms in total. The fourth-order valence-electron chi connectivity index (χ4n) is 5.81. The number of carbonyl (C=O) groups excluding carboxylic acids is 1. The second-order valence-electron chi connectivity index (χ2n) is 11.6. The summed E-state index contributed by atoms with van der Waals surface area (Å²) >= 11 is 13.6. The molecule has 4 aromatic carbocycles. The molecule has 7 aromatic rings. The van der Waals surface area contributed by atoms with Crippen LogP contribution in [0.1, 0.15) is 17.1 Å². The van der Waals surface area contributed by atoms with Crippen LogP contribution < -0.4 is 21.5 Å². The number of halogens is 2. The van der Waals surface area contributed by atoms with E-state index < -0.39 is 23.7 Å². The van der Waals surface area contributed by atoms with Crippen LogP contribution in [0.25, 0.3) is 28.3 Å². The third-order valence-corrected chi connectivity index (χ3v) is 9.69. The normalized spacial score (nSPS) is 11.6.